The Bertz CT molecular complexity index is 660. The Morgan fingerprint density at radius 3 is 2.43 bits per heavy atom. The number of benzene rings is 2. The molecule has 1 N–H and O–H groups in total. The SMILES string of the molecule is C/C(=N\NC(=O)Cc1ccccc1)c1ccc(C)c(C)c1. The lowest BCUT2D eigenvalue weighted by molar-refractivity contribution is -0.120. The largest absolute Gasteiger partial charge is 0.273 e. The van der Waals surface area contributed by atoms with E-state index in [-0.39, 0.29) is 5.91 Å². The number of aryl methyl sites for hydroxylation is 2. The van der Waals surface area contributed by atoms with Crippen LogP contribution < -0.4 is 5.43 Å². The van der Waals surface area contributed by atoms with E-state index in [1.807, 2.05) is 43.3 Å². The quantitative estimate of drug-likeness (QED) is 0.677. The Hall–Kier alpha value is -2.42. The van der Waals surface area contributed by atoms with Crippen LogP contribution in [0.3, 0.4) is 0 Å². The summed E-state index contributed by atoms with van der Waals surface area (Å²) in [5.41, 5.74) is 7.89. The molecule has 1 amide bonds. The van der Waals surface area contributed by atoms with Crippen molar-refractivity contribution < 1.29 is 4.79 Å². The molecule has 0 aliphatic carbocycles. The van der Waals surface area contributed by atoms with Gasteiger partial charge in [0.1, 0.15) is 0 Å². The third kappa shape index (κ3) is 4.28. The molecule has 2 aromatic carbocycles. The maximum Gasteiger partial charge on any atom is 0.244 e. The van der Waals surface area contributed by atoms with E-state index in [2.05, 4.69) is 36.5 Å². The number of carbonyl (C=O) groups excluding carboxylic acids is 1. The van der Waals surface area contributed by atoms with Crippen molar-refractivity contribution >= 4 is 11.6 Å². The van der Waals surface area contributed by atoms with Gasteiger partial charge in [0.05, 0.1) is 12.1 Å². The average molecular weight is 280 g/mol. The number of nitrogens with zero attached hydrogens (tertiary/aromatic N) is 1. The van der Waals surface area contributed by atoms with Gasteiger partial charge in [-0.1, -0.05) is 42.5 Å². The standard InChI is InChI=1S/C18H20N2O/c1-13-9-10-17(11-14(13)2)15(3)19-20-18(21)12-16-7-5-4-6-8-16/h4-11H,12H2,1-3H3,(H,20,21)/b19-15+. The summed E-state index contributed by atoms with van der Waals surface area (Å²) >= 11 is 0. The van der Waals surface area contributed by atoms with Gasteiger partial charge in [0.25, 0.3) is 0 Å². The number of amides is 1. The van der Waals surface area contributed by atoms with Crippen LogP contribution in [0.5, 0.6) is 0 Å². The van der Waals surface area contributed by atoms with E-state index < -0.39 is 0 Å². The molecule has 3 nitrogen and oxygen atoms in total. The lowest BCUT2D eigenvalue weighted by atomic mass is 10.0. The molecule has 3 heteroatoms. The van der Waals surface area contributed by atoms with Crippen LogP contribution in [0.25, 0.3) is 0 Å². The average Bonchev–Trinajstić information content (AvgIpc) is 2.48. The van der Waals surface area contributed by atoms with Crippen LogP contribution >= 0.6 is 0 Å². The van der Waals surface area contributed by atoms with Crippen LogP contribution in [0.15, 0.2) is 53.6 Å². The molecule has 0 radical (unpaired) electrons. The molecule has 0 unspecified atom stereocenters. The molecule has 0 aromatic heterocycles. The van der Waals surface area contributed by atoms with E-state index in [1.54, 1.807) is 0 Å². The minimum atomic E-state index is -0.107. The van der Waals surface area contributed by atoms with Gasteiger partial charge in [-0.25, -0.2) is 5.43 Å². The first-order valence-electron chi connectivity index (χ1n) is 7.01. The van der Waals surface area contributed by atoms with E-state index in [0.717, 1.165) is 16.8 Å². The molecule has 0 atom stereocenters. The number of carbonyl (C=O) groups is 1. The summed E-state index contributed by atoms with van der Waals surface area (Å²) < 4.78 is 0. The highest BCUT2D eigenvalue weighted by molar-refractivity contribution is 5.99. The minimum absolute atomic E-state index is 0.107. The molecular weight excluding hydrogens is 260 g/mol. The van der Waals surface area contributed by atoms with Crippen molar-refractivity contribution in [3.05, 3.63) is 70.8 Å². The highest BCUT2D eigenvalue weighted by Gasteiger charge is 2.03. The van der Waals surface area contributed by atoms with Crippen LogP contribution in [0.2, 0.25) is 0 Å². The molecule has 0 heterocycles. The van der Waals surface area contributed by atoms with Gasteiger partial charge in [-0.3, -0.25) is 4.79 Å². The van der Waals surface area contributed by atoms with E-state index in [9.17, 15) is 4.79 Å². The van der Waals surface area contributed by atoms with Crippen LogP contribution in [0.1, 0.15) is 29.2 Å². The zero-order valence-corrected chi connectivity index (χ0v) is 12.7. The second kappa shape index (κ2) is 6.84. The summed E-state index contributed by atoms with van der Waals surface area (Å²) in [6, 6.07) is 15.8. The Morgan fingerprint density at radius 2 is 1.76 bits per heavy atom. The molecule has 0 aliphatic heterocycles. The fourth-order valence-electron chi connectivity index (χ4n) is 2.00. The summed E-state index contributed by atoms with van der Waals surface area (Å²) in [4.78, 5) is 11.9. The summed E-state index contributed by atoms with van der Waals surface area (Å²) in [7, 11) is 0. The Kier molecular flexibility index (Phi) is 4.88. The zero-order chi connectivity index (χ0) is 15.2. The maximum atomic E-state index is 11.9. The van der Waals surface area contributed by atoms with Crippen LogP contribution in [0.4, 0.5) is 0 Å². The molecule has 2 aromatic rings. The molecule has 0 fully saturated rings. The molecule has 2 rings (SSSR count). The second-order valence-electron chi connectivity index (χ2n) is 5.19. The maximum absolute atomic E-state index is 11.9. The molecule has 0 saturated carbocycles. The van der Waals surface area contributed by atoms with E-state index in [0.29, 0.717) is 6.42 Å². The summed E-state index contributed by atoms with van der Waals surface area (Å²) in [6.07, 6.45) is 0.338. The number of hydrazone groups is 1. The Labute approximate surface area is 125 Å². The normalized spacial score (nSPS) is 11.3. The fourth-order valence-corrected chi connectivity index (χ4v) is 2.00. The van der Waals surface area contributed by atoms with Crippen molar-refractivity contribution in [2.75, 3.05) is 0 Å². The second-order valence-corrected chi connectivity index (χ2v) is 5.19. The molecule has 0 saturated heterocycles. The predicted molar refractivity (Wildman–Crippen MR) is 86.4 cm³/mol. The lowest BCUT2D eigenvalue weighted by Gasteiger charge is -2.06. The van der Waals surface area contributed by atoms with Crippen LogP contribution in [-0.4, -0.2) is 11.6 Å². The number of hydrogen-bond donors (Lipinski definition) is 1. The Morgan fingerprint density at radius 1 is 1.05 bits per heavy atom. The number of hydrogen-bond acceptors (Lipinski definition) is 2. The van der Waals surface area contributed by atoms with Gasteiger partial charge >= 0.3 is 0 Å². The highest BCUT2D eigenvalue weighted by Crippen LogP contribution is 2.10. The summed E-state index contributed by atoms with van der Waals surface area (Å²) in [6.45, 7) is 6.04. The molecule has 0 bridgehead atoms. The first kappa shape index (κ1) is 15.0. The van der Waals surface area contributed by atoms with E-state index in [4.69, 9.17) is 0 Å². The smallest absolute Gasteiger partial charge is 0.244 e. The third-order valence-electron chi connectivity index (χ3n) is 3.48. The number of nitrogens with one attached hydrogen (secondary N) is 1. The summed E-state index contributed by atoms with van der Waals surface area (Å²) in [5.74, 6) is -0.107. The molecule has 21 heavy (non-hydrogen) atoms. The van der Waals surface area contributed by atoms with Gasteiger partial charge < -0.3 is 0 Å². The van der Waals surface area contributed by atoms with Crippen molar-refractivity contribution in [3.8, 4) is 0 Å². The zero-order valence-electron chi connectivity index (χ0n) is 12.7. The van der Waals surface area contributed by atoms with Gasteiger partial charge in [-0.05, 0) is 49.1 Å². The first-order valence-corrected chi connectivity index (χ1v) is 7.01. The van der Waals surface area contributed by atoms with Crippen molar-refractivity contribution in [1.82, 2.24) is 5.43 Å². The van der Waals surface area contributed by atoms with Gasteiger partial charge in [0.15, 0.2) is 0 Å². The molecule has 0 aliphatic rings. The lowest BCUT2D eigenvalue weighted by Crippen LogP contribution is -2.21. The van der Waals surface area contributed by atoms with Gasteiger partial charge in [-0.15, -0.1) is 0 Å². The minimum Gasteiger partial charge on any atom is -0.273 e. The van der Waals surface area contributed by atoms with Crippen molar-refractivity contribution in [2.45, 2.75) is 27.2 Å². The van der Waals surface area contributed by atoms with Gasteiger partial charge in [0.2, 0.25) is 5.91 Å². The number of rotatable bonds is 4. The summed E-state index contributed by atoms with van der Waals surface area (Å²) in [5, 5.41) is 4.18. The molecular formula is C18H20N2O. The first-order chi connectivity index (χ1) is 10.1. The van der Waals surface area contributed by atoms with Crippen molar-refractivity contribution in [1.29, 1.82) is 0 Å². The van der Waals surface area contributed by atoms with E-state index >= 15 is 0 Å². The van der Waals surface area contributed by atoms with E-state index in [1.165, 1.54) is 11.1 Å². The van der Waals surface area contributed by atoms with Gasteiger partial charge in [-0.2, -0.15) is 5.10 Å². The predicted octanol–water partition coefficient (Wildman–Crippen LogP) is 3.39. The Balaban J connectivity index is 1.99. The molecule has 108 valence electrons. The van der Waals surface area contributed by atoms with Crippen LogP contribution in [-0.2, 0) is 11.2 Å². The van der Waals surface area contributed by atoms with Crippen LogP contribution in [0, 0.1) is 13.8 Å². The topological polar surface area (TPSA) is 41.5 Å². The van der Waals surface area contributed by atoms with Gasteiger partial charge in [0, 0.05) is 0 Å². The third-order valence-corrected chi connectivity index (χ3v) is 3.48. The fraction of sp³-hybridized carbons (Fsp3) is 0.222. The molecule has 0 spiro atoms. The van der Waals surface area contributed by atoms with Crippen molar-refractivity contribution in [2.24, 2.45) is 5.10 Å². The van der Waals surface area contributed by atoms with Crippen molar-refractivity contribution in [3.63, 3.8) is 0 Å². The monoisotopic (exact) mass is 280 g/mol. The highest BCUT2D eigenvalue weighted by atomic mass is 16.2.